The molecule has 11 aromatic rings. The molecule has 1 nitrogen and oxygen atoms in total. The zero-order chi connectivity index (χ0) is 45.4. The predicted molar refractivity (Wildman–Crippen MR) is 251 cm³/mol. The summed E-state index contributed by atoms with van der Waals surface area (Å²) in [7, 11) is 0. The van der Waals surface area contributed by atoms with Crippen LogP contribution in [0.5, 0.6) is 0 Å². The lowest BCUT2D eigenvalue weighted by Gasteiger charge is -2.26. The third-order valence-corrected chi connectivity index (χ3v) is 11.9. The standard InChI is InChI=1S/C56H37NS/c1-3-19-49-39(11-1)13-9-22-51(49)41-27-32-47(33-28-41)57(48-18-8-16-43(36-48)44-29-34-56-54(37-44)53-21-5-6-24-55(53)58-56)46-30-25-38(26-31-46)42-15-7-17-45(35-42)52-23-10-14-40-12-2-4-20-50(40)52/h1-37H/i25D,26D,27D,28D,30D,31D,32D,33D. The molecule has 0 aliphatic carbocycles. The van der Waals surface area contributed by atoms with Gasteiger partial charge in [0, 0.05) is 37.2 Å². The summed E-state index contributed by atoms with van der Waals surface area (Å²) in [4.78, 5) is 1.38. The molecule has 1 heterocycles. The molecule has 11 rings (SSSR count). The number of nitrogens with zero attached hydrogens (tertiary/aromatic N) is 1. The first-order valence-electron chi connectivity index (χ1n) is 23.2. The number of benzene rings is 10. The average Bonchev–Trinajstić information content (AvgIpc) is 3.73. The van der Waals surface area contributed by atoms with Gasteiger partial charge in [-0.3, -0.25) is 0 Å². The maximum absolute atomic E-state index is 9.71. The number of hydrogen-bond donors (Lipinski definition) is 0. The Kier molecular flexibility index (Phi) is 6.57. The highest BCUT2D eigenvalue weighted by molar-refractivity contribution is 7.25. The van der Waals surface area contributed by atoms with Gasteiger partial charge in [-0.05, 0) is 127 Å². The molecule has 0 amide bonds. The van der Waals surface area contributed by atoms with Crippen molar-refractivity contribution >= 4 is 70.1 Å². The van der Waals surface area contributed by atoms with E-state index in [1.165, 1.54) is 9.60 Å². The Balaban J connectivity index is 1.13. The van der Waals surface area contributed by atoms with Crippen molar-refractivity contribution in [2.24, 2.45) is 0 Å². The smallest absolute Gasteiger partial charge is 0.0645 e. The molecular weight excluding hydrogens is 719 g/mol. The molecule has 0 saturated heterocycles. The minimum Gasteiger partial charge on any atom is -0.310 e. The van der Waals surface area contributed by atoms with Crippen LogP contribution in [0.3, 0.4) is 0 Å². The van der Waals surface area contributed by atoms with Crippen LogP contribution in [0, 0.1) is 0 Å². The Morgan fingerprint density at radius 2 is 0.810 bits per heavy atom. The molecular formula is C56H37NS. The Morgan fingerprint density at radius 3 is 1.52 bits per heavy atom. The summed E-state index contributed by atoms with van der Waals surface area (Å²) in [5.41, 5.74) is 4.69. The number of thiophene rings is 1. The summed E-state index contributed by atoms with van der Waals surface area (Å²) in [5, 5.41) is 6.00. The van der Waals surface area contributed by atoms with E-state index in [1.807, 2.05) is 133 Å². The van der Waals surface area contributed by atoms with Crippen LogP contribution in [0.4, 0.5) is 17.1 Å². The van der Waals surface area contributed by atoms with Gasteiger partial charge in [0.1, 0.15) is 0 Å². The van der Waals surface area contributed by atoms with Gasteiger partial charge in [0.25, 0.3) is 0 Å². The summed E-state index contributed by atoms with van der Waals surface area (Å²) in [6.07, 6.45) is 0. The van der Waals surface area contributed by atoms with Crippen molar-refractivity contribution in [1.82, 2.24) is 0 Å². The number of hydrogen-bond acceptors (Lipinski definition) is 2. The second kappa shape index (κ2) is 14.4. The topological polar surface area (TPSA) is 3.24 Å². The van der Waals surface area contributed by atoms with Crippen molar-refractivity contribution in [3.63, 3.8) is 0 Å². The highest BCUT2D eigenvalue weighted by Crippen LogP contribution is 2.41. The van der Waals surface area contributed by atoms with Crippen molar-refractivity contribution in [2.45, 2.75) is 0 Å². The van der Waals surface area contributed by atoms with E-state index in [0.717, 1.165) is 59.3 Å². The molecule has 1 aromatic heterocycles. The molecule has 0 spiro atoms. The summed E-state index contributed by atoms with van der Waals surface area (Å²) >= 11 is 1.72. The Labute approximate surface area is 353 Å². The van der Waals surface area contributed by atoms with Crippen molar-refractivity contribution in [3.05, 3.63) is 224 Å². The molecule has 0 aliphatic rings. The highest BCUT2D eigenvalue weighted by Gasteiger charge is 2.16. The van der Waals surface area contributed by atoms with E-state index in [4.69, 9.17) is 0 Å². The van der Waals surface area contributed by atoms with E-state index in [2.05, 4.69) is 24.3 Å². The van der Waals surface area contributed by atoms with Crippen LogP contribution in [-0.4, -0.2) is 0 Å². The van der Waals surface area contributed by atoms with Crippen molar-refractivity contribution in [3.8, 4) is 44.5 Å². The minimum absolute atomic E-state index is 0.103. The quantitative estimate of drug-likeness (QED) is 0.156. The van der Waals surface area contributed by atoms with Gasteiger partial charge in [-0.1, -0.05) is 164 Å². The molecule has 0 unspecified atom stereocenters. The lowest BCUT2D eigenvalue weighted by Crippen LogP contribution is -2.10. The van der Waals surface area contributed by atoms with E-state index in [0.29, 0.717) is 16.8 Å². The van der Waals surface area contributed by atoms with Gasteiger partial charge in [0.2, 0.25) is 0 Å². The molecule has 0 fully saturated rings. The molecule has 272 valence electrons. The second-order valence-electron chi connectivity index (χ2n) is 14.3. The average molecular weight is 764 g/mol. The molecule has 0 radical (unpaired) electrons. The zero-order valence-corrected chi connectivity index (χ0v) is 31.9. The van der Waals surface area contributed by atoms with Crippen LogP contribution in [0.2, 0.25) is 0 Å². The monoisotopic (exact) mass is 763 g/mol. The van der Waals surface area contributed by atoms with Gasteiger partial charge in [-0.25, -0.2) is 0 Å². The van der Waals surface area contributed by atoms with Crippen molar-refractivity contribution in [1.29, 1.82) is 0 Å². The Hall–Kier alpha value is -7.26. The van der Waals surface area contributed by atoms with Gasteiger partial charge in [0.15, 0.2) is 0 Å². The van der Waals surface area contributed by atoms with Crippen LogP contribution >= 0.6 is 11.3 Å². The summed E-state index contributed by atoms with van der Waals surface area (Å²) < 4.78 is 79.2. The fraction of sp³-hybridized carbons (Fsp3) is 0. The Bertz CT molecular complexity index is 3720. The van der Waals surface area contributed by atoms with Gasteiger partial charge in [-0.15, -0.1) is 11.3 Å². The molecule has 0 N–H and O–H groups in total. The first-order valence-corrected chi connectivity index (χ1v) is 20.0. The van der Waals surface area contributed by atoms with Crippen LogP contribution in [0.25, 0.3) is 86.2 Å². The Morgan fingerprint density at radius 1 is 0.310 bits per heavy atom. The van der Waals surface area contributed by atoms with Crippen LogP contribution in [-0.2, 0) is 0 Å². The first-order chi connectivity index (χ1) is 32.1. The second-order valence-corrected chi connectivity index (χ2v) is 15.4. The van der Waals surface area contributed by atoms with Crippen LogP contribution < -0.4 is 4.90 Å². The lowest BCUT2D eigenvalue weighted by molar-refractivity contribution is 1.28. The van der Waals surface area contributed by atoms with Crippen molar-refractivity contribution in [2.75, 3.05) is 4.90 Å². The fourth-order valence-corrected chi connectivity index (χ4v) is 9.06. The summed E-state index contributed by atoms with van der Waals surface area (Å²) in [5.74, 6) is 0. The van der Waals surface area contributed by atoms with Gasteiger partial charge >= 0.3 is 0 Å². The number of rotatable bonds is 7. The molecule has 0 bridgehead atoms. The third-order valence-electron chi connectivity index (χ3n) is 10.8. The van der Waals surface area contributed by atoms with Gasteiger partial charge < -0.3 is 4.90 Å². The van der Waals surface area contributed by atoms with E-state index in [9.17, 15) is 11.0 Å². The first kappa shape index (κ1) is 26.6. The normalized spacial score (nSPS) is 13.4. The summed E-state index contributed by atoms with van der Waals surface area (Å²) in [6.45, 7) is 0. The van der Waals surface area contributed by atoms with Gasteiger partial charge in [0.05, 0.1) is 11.0 Å². The molecule has 2 heteroatoms. The minimum atomic E-state index is -0.395. The van der Waals surface area contributed by atoms with E-state index < -0.39 is 12.1 Å². The van der Waals surface area contributed by atoms with E-state index >= 15 is 0 Å². The molecule has 0 aliphatic heterocycles. The molecule has 0 saturated carbocycles. The largest absolute Gasteiger partial charge is 0.310 e. The zero-order valence-electron chi connectivity index (χ0n) is 39.1. The van der Waals surface area contributed by atoms with Crippen LogP contribution in [0.15, 0.2) is 224 Å². The number of fused-ring (bicyclic) bond motifs is 5. The SMILES string of the molecule is [2H]c1c([2H])c(N(c2cccc(-c3ccc4sc5ccccc5c4c3)c2)c2c([2H])c([2H])c(-c3cccc4ccccc34)c([2H])c2[2H])c([2H])c([2H])c1-c1cccc(-c2cccc3ccccc23)c1. The van der Waals surface area contributed by atoms with Crippen molar-refractivity contribution < 1.29 is 11.0 Å². The molecule has 58 heavy (non-hydrogen) atoms. The fourth-order valence-electron chi connectivity index (χ4n) is 7.98. The lowest BCUT2D eigenvalue weighted by atomic mass is 9.95. The highest BCUT2D eigenvalue weighted by atomic mass is 32.1. The number of anilines is 3. The summed E-state index contributed by atoms with van der Waals surface area (Å²) in [6, 6.07) is 53.8. The third kappa shape index (κ3) is 6.12. The maximum atomic E-state index is 9.71. The van der Waals surface area contributed by atoms with E-state index in [-0.39, 0.29) is 58.8 Å². The predicted octanol–water partition coefficient (Wildman–Crippen LogP) is 16.5. The molecule has 0 atom stereocenters. The van der Waals surface area contributed by atoms with E-state index in [1.54, 1.807) is 29.5 Å². The molecule has 10 aromatic carbocycles. The maximum Gasteiger partial charge on any atom is 0.0645 e. The van der Waals surface area contributed by atoms with Gasteiger partial charge in [-0.2, -0.15) is 0 Å². The van der Waals surface area contributed by atoms with Crippen LogP contribution in [0.1, 0.15) is 11.0 Å².